The molecule has 1 amide bonds. The molecular weight excluding hydrogens is 290 g/mol. The van der Waals surface area contributed by atoms with E-state index in [1.165, 1.54) is 0 Å². The predicted molar refractivity (Wildman–Crippen MR) is 88.9 cm³/mol. The molecule has 4 heteroatoms. The van der Waals surface area contributed by atoms with Crippen LogP contribution in [0.5, 0.6) is 0 Å². The average Bonchev–Trinajstić information content (AvgIpc) is 2.80. The predicted octanol–water partition coefficient (Wildman–Crippen LogP) is 4.01. The maximum absolute atomic E-state index is 12.0. The first-order valence-corrected chi connectivity index (χ1v) is 7.84. The second kappa shape index (κ2) is 6.05. The van der Waals surface area contributed by atoms with Gasteiger partial charge in [-0.2, -0.15) is 0 Å². The normalized spacial score (nSPS) is 23.9. The Hall–Kier alpha value is -2.33. The Morgan fingerprint density at radius 3 is 2.22 bits per heavy atom. The summed E-state index contributed by atoms with van der Waals surface area (Å²) in [5.74, 6) is 0. The molecule has 0 spiro atoms. The lowest BCUT2D eigenvalue weighted by Gasteiger charge is -2.36. The molecule has 0 radical (unpaired) electrons. The summed E-state index contributed by atoms with van der Waals surface area (Å²) in [7, 11) is 1.71. The van der Waals surface area contributed by atoms with Gasteiger partial charge in [0.1, 0.15) is 0 Å². The van der Waals surface area contributed by atoms with Crippen molar-refractivity contribution in [1.29, 1.82) is 0 Å². The van der Waals surface area contributed by atoms with E-state index in [0.717, 1.165) is 16.7 Å². The molecule has 0 saturated carbocycles. The van der Waals surface area contributed by atoms with Crippen LogP contribution in [0, 0.1) is 0 Å². The summed E-state index contributed by atoms with van der Waals surface area (Å²) in [6, 6.07) is 18.3. The van der Waals surface area contributed by atoms with Crippen LogP contribution in [-0.2, 0) is 15.2 Å². The van der Waals surface area contributed by atoms with Gasteiger partial charge in [-0.15, -0.1) is 0 Å². The van der Waals surface area contributed by atoms with Crippen molar-refractivity contribution in [3.05, 3.63) is 60.2 Å². The standard InChI is InChI=1S/C19H21NO3/c1-4-22-19(14(2)23-18(21)20(19)3)17-12-10-16(11-13-17)15-8-6-5-7-9-15/h5-14H,4H2,1-3H3. The third-order valence-electron chi connectivity index (χ3n) is 4.37. The zero-order valence-electron chi connectivity index (χ0n) is 13.7. The molecule has 3 rings (SSSR count). The van der Waals surface area contributed by atoms with Crippen molar-refractivity contribution < 1.29 is 14.3 Å². The summed E-state index contributed by atoms with van der Waals surface area (Å²) in [5, 5.41) is 0. The maximum Gasteiger partial charge on any atom is 0.412 e. The highest BCUT2D eigenvalue weighted by Gasteiger charge is 2.53. The van der Waals surface area contributed by atoms with Gasteiger partial charge in [-0.3, -0.25) is 4.90 Å². The lowest BCUT2D eigenvalue weighted by molar-refractivity contribution is -0.143. The number of likely N-dealkylation sites (N-methyl/N-ethyl adjacent to an activating group) is 1. The molecule has 0 N–H and O–H groups in total. The van der Waals surface area contributed by atoms with Crippen LogP contribution in [0.15, 0.2) is 54.6 Å². The molecule has 1 saturated heterocycles. The van der Waals surface area contributed by atoms with Gasteiger partial charge in [0.05, 0.1) is 0 Å². The molecule has 0 aliphatic carbocycles. The Kier molecular flexibility index (Phi) is 4.09. The summed E-state index contributed by atoms with van der Waals surface area (Å²) in [4.78, 5) is 13.5. The van der Waals surface area contributed by atoms with E-state index >= 15 is 0 Å². The number of hydrogen-bond donors (Lipinski definition) is 0. The van der Waals surface area contributed by atoms with Crippen LogP contribution in [0.25, 0.3) is 11.1 Å². The fraction of sp³-hybridized carbons (Fsp3) is 0.316. The number of nitrogens with zero attached hydrogens (tertiary/aromatic N) is 1. The van der Waals surface area contributed by atoms with E-state index in [0.29, 0.717) is 6.61 Å². The van der Waals surface area contributed by atoms with Gasteiger partial charge in [0, 0.05) is 19.2 Å². The second-order valence-corrected chi connectivity index (χ2v) is 5.66. The average molecular weight is 311 g/mol. The van der Waals surface area contributed by atoms with E-state index in [4.69, 9.17) is 9.47 Å². The molecule has 23 heavy (non-hydrogen) atoms. The van der Waals surface area contributed by atoms with Crippen LogP contribution in [0.2, 0.25) is 0 Å². The number of amides is 1. The molecule has 0 aromatic heterocycles. The van der Waals surface area contributed by atoms with E-state index in [1.54, 1.807) is 11.9 Å². The van der Waals surface area contributed by atoms with E-state index in [-0.39, 0.29) is 12.2 Å². The second-order valence-electron chi connectivity index (χ2n) is 5.66. The van der Waals surface area contributed by atoms with Crippen molar-refractivity contribution in [2.45, 2.75) is 25.7 Å². The van der Waals surface area contributed by atoms with Gasteiger partial charge < -0.3 is 9.47 Å². The van der Waals surface area contributed by atoms with Gasteiger partial charge in [-0.1, -0.05) is 54.6 Å². The summed E-state index contributed by atoms with van der Waals surface area (Å²) in [6.07, 6.45) is -0.736. The number of hydrogen-bond acceptors (Lipinski definition) is 3. The summed E-state index contributed by atoms with van der Waals surface area (Å²) >= 11 is 0. The number of rotatable bonds is 4. The molecule has 1 fully saturated rings. The van der Waals surface area contributed by atoms with Crippen LogP contribution in [-0.4, -0.2) is 30.8 Å². The largest absolute Gasteiger partial charge is 0.441 e. The molecule has 2 atom stereocenters. The molecule has 0 bridgehead atoms. The van der Waals surface area contributed by atoms with E-state index < -0.39 is 5.72 Å². The lowest BCUT2D eigenvalue weighted by Crippen LogP contribution is -2.48. The third-order valence-corrected chi connectivity index (χ3v) is 4.37. The van der Waals surface area contributed by atoms with Crippen LogP contribution in [0.4, 0.5) is 4.79 Å². The van der Waals surface area contributed by atoms with Crippen LogP contribution >= 0.6 is 0 Å². The van der Waals surface area contributed by atoms with Gasteiger partial charge in [0.15, 0.2) is 6.10 Å². The van der Waals surface area contributed by atoms with Crippen LogP contribution in [0.1, 0.15) is 19.4 Å². The van der Waals surface area contributed by atoms with E-state index in [1.807, 2.05) is 44.2 Å². The Morgan fingerprint density at radius 1 is 1.09 bits per heavy atom. The molecular formula is C19H21NO3. The van der Waals surface area contributed by atoms with Gasteiger partial charge in [-0.25, -0.2) is 4.79 Å². The molecule has 2 aromatic rings. The summed E-state index contributed by atoms with van der Waals surface area (Å²) in [5.41, 5.74) is 2.33. The molecule has 1 aliphatic rings. The summed E-state index contributed by atoms with van der Waals surface area (Å²) < 4.78 is 11.4. The highest BCUT2D eigenvalue weighted by atomic mass is 16.6. The Labute approximate surface area is 136 Å². The molecule has 2 aromatic carbocycles. The Morgan fingerprint density at radius 2 is 1.70 bits per heavy atom. The zero-order valence-corrected chi connectivity index (χ0v) is 13.7. The van der Waals surface area contributed by atoms with E-state index in [9.17, 15) is 4.79 Å². The zero-order chi connectivity index (χ0) is 16.4. The van der Waals surface area contributed by atoms with Crippen LogP contribution < -0.4 is 0 Å². The van der Waals surface area contributed by atoms with Crippen molar-refractivity contribution >= 4 is 6.09 Å². The smallest absolute Gasteiger partial charge is 0.412 e. The SMILES string of the molecule is CCOC1(c2ccc(-c3ccccc3)cc2)C(C)OC(=O)N1C. The number of cyclic esters (lactones) is 1. The van der Waals surface area contributed by atoms with Gasteiger partial charge in [0.25, 0.3) is 0 Å². The Bertz CT molecular complexity index is 684. The highest BCUT2D eigenvalue weighted by molar-refractivity contribution is 5.72. The topological polar surface area (TPSA) is 38.8 Å². The Balaban J connectivity index is 2.00. The van der Waals surface area contributed by atoms with Crippen molar-refractivity contribution in [3.8, 4) is 11.1 Å². The quantitative estimate of drug-likeness (QED) is 0.856. The first-order valence-electron chi connectivity index (χ1n) is 7.84. The van der Waals surface area contributed by atoms with Gasteiger partial charge in [0.2, 0.25) is 5.72 Å². The molecule has 1 heterocycles. The fourth-order valence-corrected chi connectivity index (χ4v) is 3.20. The van der Waals surface area contributed by atoms with Crippen molar-refractivity contribution in [2.75, 3.05) is 13.7 Å². The van der Waals surface area contributed by atoms with E-state index in [2.05, 4.69) is 24.3 Å². The van der Waals surface area contributed by atoms with Crippen molar-refractivity contribution in [2.24, 2.45) is 0 Å². The number of carbonyl (C=O) groups is 1. The molecule has 120 valence electrons. The number of benzene rings is 2. The minimum atomic E-state index is -0.874. The molecule has 2 unspecified atom stereocenters. The highest BCUT2D eigenvalue weighted by Crippen LogP contribution is 2.40. The van der Waals surface area contributed by atoms with Gasteiger partial charge >= 0.3 is 6.09 Å². The molecule has 1 aliphatic heterocycles. The lowest BCUT2D eigenvalue weighted by atomic mass is 9.94. The third kappa shape index (κ3) is 2.49. The van der Waals surface area contributed by atoms with Crippen molar-refractivity contribution in [1.82, 2.24) is 4.90 Å². The number of carbonyl (C=O) groups excluding carboxylic acids is 1. The first kappa shape index (κ1) is 15.6. The fourth-order valence-electron chi connectivity index (χ4n) is 3.20. The first-order chi connectivity index (χ1) is 11.1. The minimum absolute atomic E-state index is 0.363. The summed E-state index contributed by atoms with van der Waals surface area (Å²) in [6.45, 7) is 4.28. The van der Waals surface area contributed by atoms with Gasteiger partial charge in [-0.05, 0) is 25.0 Å². The maximum atomic E-state index is 12.0. The minimum Gasteiger partial charge on any atom is -0.441 e. The van der Waals surface area contributed by atoms with Crippen LogP contribution in [0.3, 0.4) is 0 Å². The number of ether oxygens (including phenoxy) is 2. The van der Waals surface area contributed by atoms with Crippen molar-refractivity contribution in [3.63, 3.8) is 0 Å². The monoisotopic (exact) mass is 311 g/mol. The molecule has 4 nitrogen and oxygen atoms in total.